The van der Waals surface area contributed by atoms with Gasteiger partial charge in [0.25, 0.3) is 0 Å². The number of benzene rings is 1. The van der Waals surface area contributed by atoms with E-state index in [9.17, 15) is 4.79 Å². The second-order valence-corrected chi connectivity index (χ2v) is 6.21. The van der Waals surface area contributed by atoms with Gasteiger partial charge in [-0.1, -0.05) is 37.1 Å². The second-order valence-electron chi connectivity index (χ2n) is 4.60. The van der Waals surface area contributed by atoms with Gasteiger partial charge >= 0.3 is 5.97 Å². The Hall–Kier alpha value is -1.39. The van der Waals surface area contributed by atoms with Crippen LogP contribution in [0.25, 0.3) is 0 Å². The minimum absolute atomic E-state index is 0.0581. The van der Waals surface area contributed by atoms with Gasteiger partial charge in [0.2, 0.25) is 0 Å². The quantitative estimate of drug-likeness (QED) is 0.878. The van der Waals surface area contributed by atoms with Crippen molar-refractivity contribution >= 4 is 28.9 Å². The predicted octanol–water partition coefficient (Wildman–Crippen LogP) is 3.97. The number of hydrogen-bond donors (Lipinski definition) is 1. The van der Waals surface area contributed by atoms with E-state index in [4.69, 9.17) is 16.7 Å². The number of hydrogen-bond acceptors (Lipinski definition) is 3. The number of rotatable bonds is 6. The molecule has 20 heavy (non-hydrogen) atoms. The van der Waals surface area contributed by atoms with Crippen LogP contribution in [0, 0.1) is 0 Å². The topological polar surface area (TPSA) is 50.2 Å². The van der Waals surface area contributed by atoms with Crippen LogP contribution in [0.3, 0.4) is 0 Å². The normalized spacial score (nSPS) is 10.7. The van der Waals surface area contributed by atoms with E-state index < -0.39 is 5.97 Å². The minimum atomic E-state index is -0.805. The number of aliphatic carboxylic acids is 1. The van der Waals surface area contributed by atoms with Crippen LogP contribution in [0.5, 0.6) is 0 Å². The standard InChI is InChI=1S/C15H16ClNO2S/c1-2-4-12-13(9-15(18)19)20-14(17-12)8-10-5-3-6-11(16)7-10/h3,5-7H,2,4,8-9H2,1H3,(H,18,19). The molecule has 1 aromatic carbocycles. The van der Waals surface area contributed by atoms with Gasteiger partial charge in [-0.15, -0.1) is 11.3 Å². The monoisotopic (exact) mass is 309 g/mol. The number of aromatic nitrogens is 1. The summed E-state index contributed by atoms with van der Waals surface area (Å²) in [6.07, 6.45) is 2.55. The molecule has 0 fully saturated rings. The van der Waals surface area contributed by atoms with Crippen molar-refractivity contribution in [3.8, 4) is 0 Å². The molecule has 0 unspecified atom stereocenters. The number of carbonyl (C=O) groups is 1. The first-order valence-electron chi connectivity index (χ1n) is 6.52. The van der Waals surface area contributed by atoms with Crippen LogP contribution in [0.2, 0.25) is 5.02 Å². The molecule has 0 saturated heterocycles. The van der Waals surface area contributed by atoms with Crippen molar-refractivity contribution in [2.75, 3.05) is 0 Å². The third kappa shape index (κ3) is 4.05. The van der Waals surface area contributed by atoms with Crippen LogP contribution < -0.4 is 0 Å². The Kier molecular flexibility index (Phi) is 5.15. The maximum Gasteiger partial charge on any atom is 0.308 e. The fraction of sp³-hybridized carbons (Fsp3) is 0.333. The Morgan fingerprint density at radius 3 is 2.90 bits per heavy atom. The highest BCUT2D eigenvalue weighted by atomic mass is 35.5. The highest BCUT2D eigenvalue weighted by Crippen LogP contribution is 2.24. The number of carboxylic acid groups (broad SMARTS) is 1. The highest BCUT2D eigenvalue weighted by Gasteiger charge is 2.13. The molecule has 0 amide bonds. The summed E-state index contributed by atoms with van der Waals surface area (Å²) in [4.78, 5) is 16.4. The second kappa shape index (κ2) is 6.86. The van der Waals surface area contributed by atoms with Crippen molar-refractivity contribution in [1.29, 1.82) is 0 Å². The molecule has 0 atom stereocenters. The maximum atomic E-state index is 10.9. The van der Waals surface area contributed by atoms with Gasteiger partial charge in [0.1, 0.15) is 0 Å². The van der Waals surface area contributed by atoms with E-state index in [2.05, 4.69) is 11.9 Å². The molecule has 2 aromatic rings. The van der Waals surface area contributed by atoms with Crippen LogP contribution in [0.1, 0.15) is 34.5 Å². The number of halogens is 1. The van der Waals surface area contributed by atoms with Crippen LogP contribution >= 0.6 is 22.9 Å². The molecule has 0 aliphatic rings. The van der Waals surface area contributed by atoms with E-state index in [1.54, 1.807) is 0 Å². The molecule has 1 aromatic heterocycles. The lowest BCUT2D eigenvalue weighted by Gasteiger charge is -1.98. The van der Waals surface area contributed by atoms with Gasteiger partial charge in [-0.2, -0.15) is 0 Å². The first kappa shape index (κ1) is 15.0. The van der Waals surface area contributed by atoms with Crippen LogP contribution in [0.15, 0.2) is 24.3 Å². The fourth-order valence-electron chi connectivity index (χ4n) is 2.04. The van der Waals surface area contributed by atoms with E-state index in [0.717, 1.165) is 34.0 Å². The number of nitrogens with zero attached hydrogens (tertiary/aromatic N) is 1. The summed E-state index contributed by atoms with van der Waals surface area (Å²) in [5, 5.41) is 10.6. The molecule has 1 N–H and O–H groups in total. The van der Waals surface area contributed by atoms with E-state index in [0.29, 0.717) is 11.4 Å². The summed E-state index contributed by atoms with van der Waals surface area (Å²) in [5.41, 5.74) is 2.02. The van der Waals surface area contributed by atoms with Crippen molar-refractivity contribution in [2.24, 2.45) is 0 Å². The molecule has 0 spiro atoms. The molecule has 2 rings (SSSR count). The maximum absolute atomic E-state index is 10.9. The van der Waals surface area contributed by atoms with Crippen molar-refractivity contribution in [3.63, 3.8) is 0 Å². The SMILES string of the molecule is CCCc1nc(Cc2cccc(Cl)c2)sc1CC(=O)O. The minimum Gasteiger partial charge on any atom is -0.481 e. The number of thiazole rings is 1. The third-order valence-corrected chi connectivity index (χ3v) is 4.20. The van der Waals surface area contributed by atoms with E-state index in [1.807, 2.05) is 24.3 Å². The van der Waals surface area contributed by atoms with Crippen molar-refractivity contribution in [2.45, 2.75) is 32.6 Å². The largest absolute Gasteiger partial charge is 0.481 e. The van der Waals surface area contributed by atoms with Gasteiger partial charge in [0, 0.05) is 16.3 Å². The number of aryl methyl sites for hydroxylation is 1. The lowest BCUT2D eigenvalue weighted by atomic mass is 10.1. The average Bonchev–Trinajstić information content (AvgIpc) is 2.71. The smallest absolute Gasteiger partial charge is 0.308 e. The summed E-state index contributed by atoms with van der Waals surface area (Å²) in [6.45, 7) is 2.07. The van der Waals surface area contributed by atoms with Crippen LogP contribution in [0.4, 0.5) is 0 Å². The molecule has 106 valence electrons. The summed E-state index contributed by atoms with van der Waals surface area (Å²) < 4.78 is 0. The van der Waals surface area contributed by atoms with Crippen LogP contribution in [-0.2, 0) is 24.1 Å². The van der Waals surface area contributed by atoms with Crippen LogP contribution in [-0.4, -0.2) is 16.1 Å². The highest BCUT2D eigenvalue weighted by molar-refractivity contribution is 7.11. The zero-order valence-electron chi connectivity index (χ0n) is 11.2. The Bertz CT molecular complexity index is 610. The molecule has 0 saturated carbocycles. The van der Waals surface area contributed by atoms with Gasteiger partial charge < -0.3 is 5.11 Å². The van der Waals surface area contributed by atoms with Crippen molar-refractivity contribution < 1.29 is 9.90 Å². The Morgan fingerprint density at radius 1 is 1.45 bits per heavy atom. The van der Waals surface area contributed by atoms with E-state index in [-0.39, 0.29) is 6.42 Å². The van der Waals surface area contributed by atoms with Gasteiger partial charge in [0.05, 0.1) is 17.1 Å². The molecule has 0 radical (unpaired) electrons. The zero-order valence-corrected chi connectivity index (χ0v) is 12.8. The van der Waals surface area contributed by atoms with Crippen molar-refractivity contribution in [1.82, 2.24) is 4.98 Å². The predicted molar refractivity (Wildman–Crippen MR) is 81.7 cm³/mol. The molecule has 0 aliphatic heterocycles. The Morgan fingerprint density at radius 2 is 2.25 bits per heavy atom. The summed E-state index contributed by atoms with van der Waals surface area (Å²) in [7, 11) is 0. The molecule has 3 nitrogen and oxygen atoms in total. The first-order valence-corrected chi connectivity index (χ1v) is 7.71. The molecule has 5 heteroatoms. The first-order chi connectivity index (χ1) is 9.58. The van der Waals surface area contributed by atoms with E-state index >= 15 is 0 Å². The fourth-order valence-corrected chi connectivity index (χ4v) is 3.39. The van der Waals surface area contributed by atoms with Gasteiger partial charge in [-0.05, 0) is 24.1 Å². The molecule has 0 aliphatic carbocycles. The average molecular weight is 310 g/mol. The summed E-state index contributed by atoms with van der Waals surface area (Å²) >= 11 is 7.46. The Balaban J connectivity index is 2.21. The van der Waals surface area contributed by atoms with Crippen molar-refractivity contribution in [3.05, 3.63) is 50.4 Å². The zero-order chi connectivity index (χ0) is 14.5. The lowest BCUT2D eigenvalue weighted by Crippen LogP contribution is -2.01. The van der Waals surface area contributed by atoms with Gasteiger partial charge in [0.15, 0.2) is 0 Å². The summed E-state index contributed by atoms with van der Waals surface area (Å²) in [6, 6.07) is 7.67. The number of carboxylic acids is 1. The molecule has 1 heterocycles. The third-order valence-electron chi connectivity index (χ3n) is 2.87. The molecular weight excluding hydrogens is 294 g/mol. The lowest BCUT2D eigenvalue weighted by molar-refractivity contribution is -0.136. The Labute approximate surface area is 127 Å². The van der Waals surface area contributed by atoms with E-state index in [1.165, 1.54) is 11.3 Å². The molecule has 0 bridgehead atoms. The van der Waals surface area contributed by atoms with Gasteiger partial charge in [-0.3, -0.25) is 4.79 Å². The summed E-state index contributed by atoms with van der Waals surface area (Å²) in [5.74, 6) is -0.805. The molecular formula is C15H16ClNO2S. The van der Waals surface area contributed by atoms with Gasteiger partial charge in [-0.25, -0.2) is 4.98 Å².